The van der Waals surface area contributed by atoms with Crippen LogP contribution < -0.4 is 5.32 Å². The molecule has 4 rings (SSSR count). The molecule has 3 aromatic rings. The Morgan fingerprint density at radius 2 is 1.92 bits per heavy atom. The SMILES string of the molecule is O=C(Nc1cccc2[nH]ccc12)c1ccc(S(=O)(=O)N2CCOCC2)o1. The second kappa shape index (κ2) is 6.60. The first kappa shape index (κ1) is 16.8. The molecule has 0 bridgehead atoms. The molecule has 0 unspecified atom stereocenters. The quantitative estimate of drug-likeness (QED) is 0.726. The van der Waals surface area contributed by atoms with Gasteiger partial charge in [0, 0.05) is 30.2 Å². The van der Waals surface area contributed by atoms with Crippen LogP contribution >= 0.6 is 0 Å². The molecule has 3 heterocycles. The minimum Gasteiger partial charge on any atom is -0.438 e. The molecule has 0 saturated carbocycles. The van der Waals surface area contributed by atoms with Gasteiger partial charge in [-0.2, -0.15) is 4.31 Å². The summed E-state index contributed by atoms with van der Waals surface area (Å²) in [6.07, 6.45) is 1.78. The zero-order valence-corrected chi connectivity index (χ0v) is 14.6. The number of carbonyl (C=O) groups is 1. The first-order chi connectivity index (χ1) is 12.6. The van der Waals surface area contributed by atoms with Crippen molar-refractivity contribution in [3.05, 3.63) is 48.4 Å². The number of nitrogens with zero attached hydrogens (tertiary/aromatic N) is 1. The number of anilines is 1. The molecular weight excluding hydrogens is 358 g/mol. The predicted octanol–water partition coefficient (Wildman–Crippen LogP) is 2.03. The highest BCUT2D eigenvalue weighted by Crippen LogP contribution is 2.24. The number of hydrogen-bond donors (Lipinski definition) is 2. The van der Waals surface area contributed by atoms with Gasteiger partial charge in [-0.05, 0) is 30.3 Å². The smallest absolute Gasteiger partial charge is 0.291 e. The minimum absolute atomic E-state index is 0.0654. The first-order valence-electron chi connectivity index (χ1n) is 8.11. The molecule has 1 amide bonds. The Hall–Kier alpha value is -2.62. The van der Waals surface area contributed by atoms with Crippen LogP contribution in [0.1, 0.15) is 10.6 Å². The van der Waals surface area contributed by atoms with E-state index in [1.54, 1.807) is 12.3 Å². The van der Waals surface area contributed by atoms with Crippen LogP contribution in [0.15, 0.2) is 52.1 Å². The van der Waals surface area contributed by atoms with Crippen molar-refractivity contribution < 1.29 is 22.4 Å². The maximum absolute atomic E-state index is 12.6. The van der Waals surface area contributed by atoms with E-state index >= 15 is 0 Å². The summed E-state index contributed by atoms with van der Waals surface area (Å²) < 4.78 is 36.9. The van der Waals surface area contributed by atoms with Crippen LogP contribution in [-0.4, -0.2) is 49.9 Å². The van der Waals surface area contributed by atoms with Crippen LogP contribution in [0.3, 0.4) is 0 Å². The zero-order chi connectivity index (χ0) is 18.1. The zero-order valence-electron chi connectivity index (χ0n) is 13.8. The number of aromatic amines is 1. The number of sulfonamides is 1. The molecule has 1 aliphatic heterocycles. The molecule has 2 aromatic heterocycles. The summed E-state index contributed by atoms with van der Waals surface area (Å²) in [5.41, 5.74) is 1.50. The second-order valence-electron chi connectivity index (χ2n) is 5.83. The van der Waals surface area contributed by atoms with Crippen molar-refractivity contribution in [2.24, 2.45) is 0 Å². The molecule has 1 fully saturated rings. The Balaban J connectivity index is 1.56. The largest absolute Gasteiger partial charge is 0.438 e. The summed E-state index contributed by atoms with van der Waals surface area (Å²) in [5, 5.41) is 3.36. The first-order valence-corrected chi connectivity index (χ1v) is 9.55. The van der Waals surface area contributed by atoms with Crippen molar-refractivity contribution in [3.8, 4) is 0 Å². The molecule has 136 valence electrons. The van der Waals surface area contributed by atoms with Crippen LogP contribution in [0, 0.1) is 0 Å². The molecule has 0 radical (unpaired) electrons. The highest BCUT2D eigenvalue weighted by molar-refractivity contribution is 7.89. The van der Waals surface area contributed by atoms with E-state index in [-0.39, 0.29) is 23.9 Å². The molecule has 8 nitrogen and oxygen atoms in total. The van der Waals surface area contributed by atoms with E-state index in [4.69, 9.17) is 9.15 Å². The number of aromatic nitrogens is 1. The van der Waals surface area contributed by atoms with Gasteiger partial charge < -0.3 is 19.5 Å². The van der Waals surface area contributed by atoms with E-state index in [2.05, 4.69) is 10.3 Å². The number of hydrogen-bond acceptors (Lipinski definition) is 5. The van der Waals surface area contributed by atoms with Crippen LogP contribution in [0.4, 0.5) is 5.69 Å². The predicted molar refractivity (Wildman–Crippen MR) is 94.5 cm³/mol. The van der Waals surface area contributed by atoms with Gasteiger partial charge in [0.2, 0.25) is 5.09 Å². The molecule has 1 aromatic carbocycles. The molecule has 26 heavy (non-hydrogen) atoms. The van der Waals surface area contributed by atoms with Gasteiger partial charge >= 0.3 is 0 Å². The fraction of sp³-hybridized carbons (Fsp3) is 0.235. The summed E-state index contributed by atoms with van der Waals surface area (Å²) in [4.78, 5) is 15.5. The number of nitrogens with one attached hydrogen (secondary N) is 2. The summed E-state index contributed by atoms with van der Waals surface area (Å²) in [6, 6.07) is 9.98. The number of rotatable bonds is 4. The van der Waals surface area contributed by atoms with Crippen molar-refractivity contribution in [2.45, 2.75) is 5.09 Å². The molecule has 0 atom stereocenters. The van der Waals surface area contributed by atoms with Gasteiger partial charge in [0.15, 0.2) is 5.76 Å². The Kier molecular flexibility index (Phi) is 4.27. The minimum atomic E-state index is -3.77. The van der Waals surface area contributed by atoms with E-state index in [9.17, 15) is 13.2 Å². The highest BCUT2D eigenvalue weighted by Gasteiger charge is 2.30. The topological polar surface area (TPSA) is 105 Å². The maximum atomic E-state index is 12.6. The maximum Gasteiger partial charge on any atom is 0.291 e. The number of fused-ring (bicyclic) bond motifs is 1. The van der Waals surface area contributed by atoms with Gasteiger partial charge in [0.1, 0.15) is 0 Å². The van der Waals surface area contributed by atoms with Gasteiger partial charge in [0.25, 0.3) is 15.9 Å². The number of amides is 1. The lowest BCUT2D eigenvalue weighted by atomic mass is 10.2. The highest BCUT2D eigenvalue weighted by atomic mass is 32.2. The second-order valence-corrected chi connectivity index (χ2v) is 7.70. The lowest BCUT2D eigenvalue weighted by Gasteiger charge is -2.24. The monoisotopic (exact) mass is 375 g/mol. The van der Waals surface area contributed by atoms with Crippen LogP contribution in [0.25, 0.3) is 10.9 Å². The van der Waals surface area contributed by atoms with Crippen molar-refractivity contribution in [3.63, 3.8) is 0 Å². The Bertz CT molecular complexity index is 1050. The van der Waals surface area contributed by atoms with Gasteiger partial charge in [-0.1, -0.05) is 6.07 Å². The van der Waals surface area contributed by atoms with Gasteiger partial charge in [-0.25, -0.2) is 8.42 Å². The van der Waals surface area contributed by atoms with E-state index < -0.39 is 15.9 Å². The van der Waals surface area contributed by atoms with Crippen molar-refractivity contribution >= 4 is 32.5 Å². The average Bonchev–Trinajstić information content (AvgIpc) is 3.33. The summed E-state index contributed by atoms with van der Waals surface area (Å²) in [6.45, 7) is 1.21. The molecule has 0 spiro atoms. The lowest BCUT2D eigenvalue weighted by molar-refractivity contribution is 0.0723. The van der Waals surface area contributed by atoms with Crippen molar-refractivity contribution in [1.82, 2.24) is 9.29 Å². The van der Waals surface area contributed by atoms with E-state index in [1.807, 2.05) is 18.2 Å². The van der Waals surface area contributed by atoms with Crippen LogP contribution in [-0.2, 0) is 14.8 Å². The third-order valence-corrected chi connectivity index (χ3v) is 5.99. The molecule has 9 heteroatoms. The normalized spacial score (nSPS) is 16.0. The van der Waals surface area contributed by atoms with Crippen LogP contribution in [0.2, 0.25) is 0 Å². The number of H-pyrrole nitrogens is 1. The lowest BCUT2D eigenvalue weighted by Crippen LogP contribution is -2.40. The fourth-order valence-electron chi connectivity index (χ4n) is 2.87. The van der Waals surface area contributed by atoms with Crippen LogP contribution in [0.5, 0.6) is 0 Å². The number of ether oxygens (including phenoxy) is 1. The van der Waals surface area contributed by atoms with Crippen molar-refractivity contribution in [2.75, 3.05) is 31.6 Å². The van der Waals surface area contributed by atoms with E-state index in [1.165, 1.54) is 16.4 Å². The Morgan fingerprint density at radius 1 is 1.12 bits per heavy atom. The van der Waals surface area contributed by atoms with Gasteiger partial charge in [-0.15, -0.1) is 0 Å². The third kappa shape index (κ3) is 3.00. The summed E-state index contributed by atoms with van der Waals surface area (Å²) in [7, 11) is -3.77. The molecular formula is C17H17N3O5S. The molecule has 1 saturated heterocycles. The number of morpholine rings is 1. The molecule has 2 N–H and O–H groups in total. The Morgan fingerprint density at radius 3 is 2.73 bits per heavy atom. The van der Waals surface area contributed by atoms with E-state index in [0.29, 0.717) is 18.9 Å². The third-order valence-electron chi connectivity index (χ3n) is 4.21. The number of benzene rings is 1. The number of carbonyl (C=O) groups excluding carboxylic acids is 1. The molecule has 1 aliphatic rings. The van der Waals surface area contributed by atoms with Gasteiger partial charge in [-0.3, -0.25) is 4.79 Å². The summed E-state index contributed by atoms with van der Waals surface area (Å²) in [5.74, 6) is -0.577. The molecule has 0 aliphatic carbocycles. The van der Waals surface area contributed by atoms with E-state index in [0.717, 1.165) is 10.9 Å². The fourth-order valence-corrected chi connectivity index (χ4v) is 4.19. The number of furan rings is 1. The van der Waals surface area contributed by atoms with Gasteiger partial charge in [0.05, 0.1) is 18.9 Å². The van der Waals surface area contributed by atoms with Crippen molar-refractivity contribution in [1.29, 1.82) is 0 Å². The average molecular weight is 375 g/mol. The Labute approximate surface area is 149 Å². The summed E-state index contributed by atoms with van der Waals surface area (Å²) >= 11 is 0. The standard InChI is InChI=1S/C17H17N3O5S/c21-17(19-14-3-1-2-13-12(14)6-7-18-13)15-4-5-16(25-15)26(22,23)20-8-10-24-11-9-20/h1-7,18H,8-11H2,(H,19,21).